The number of hydrogen-bond acceptors (Lipinski definition) is 6. The number of anilines is 2. The fraction of sp³-hybridized carbons (Fsp3) is 0.316. The summed E-state index contributed by atoms with van der Waals surface area (Å²) >= 11 is 0. The zero-order valence-electron chi connectivity index (χ0n) is 14.9. The molecule has 0 saturated carbocycles. The van der Waals surface area contributed by atoms with E-state index in [1.165, 1.54) is 25.3 Å². The van der Waals surface area contributed by atoms with Crippen LogP contribution in [0.3, 0.4) is 0 Å². The van der Waals surface area contributed by atoms with Crippen molar-refractivity contribution in [3.63, 3.8) is 0 Å². The highest BCUT2D eigenvalue weighted by molar-refractivity contribution is 5.95. The fourth-order valence-corrected chi connectivity index (χ4v) is 3.23. The number of benzene rings is 2. The monoisotopic (exact) mass is 373 g/mol. The summed E-state index contributed by atoms with van der Waals surface area (Å²) in [5.74, 6) is -1.02. The van der Waals surface area contributed by atoms with Crippen LogP contribution in [0.15, 0.2) is 42.5 Å². The molecule has 0 unspecified atom stereocenters. The smallest absolute Gasteiger partial charge is 0.344 e. The van der Waals surface area contributed by atoms with Crippen LogP contribution in [0.1, 0.15) is 23.2 Å². The molecule has 142 valence electrons. The number of rotatable bonds is 5. The molecule has 2 aromatic rings. The Bertz CT molecular complexity index is 851. The molecule has 27 heavy (non-hydrogen) atoms. The molecule has 1 saturated heterocycles. The molecular formula is C19H20FN3O4. The number of piperidine rings is 1. The van der Waals surface area contributed by atoms with Gasteiger partial charge in [0.05, 0.1) is 17.7 Å². The molecule has 0 radical (unpaired) electrons. The molecule has 1 fully saturated rings. The summed E-state index contributed by atoms with van der Waals surface area (Å²) in [6.07, 6.45) is 1.55. The van der Waals surface area contributed by atoms with E-state index >= 15 is 0 Å². The van der Waals surface area contributed by atoms with Crippen molar-refractivity contribution in [3.05, 3.63) is 64.0 Å². The number of nitro groups is 1. The topological polar surface area (TPSA) is 84.7 Å². The van der Waals surface area contributed by atoms with Gasteiger partial charge in [-0.25, -0.2) is 9.18 Å². The molecule has 0 bridgehead atoms. The molecule has 0 aliphatic carbocycles. The van der Waals surface area contributed by atoms with Crippen molar-refractivity contribution in [1.82, 2.24) is 0 Å². The molecule has 7 nitrogen and oxygen atoms in total. The number of nitrogens with one attached hydrogen (secondary N) is 1. The SMILES string of the molecule is COC(=O)c1cc(N2CCC(Nc3ccccc3F)CC2)ccc1[N+](=O)[O-]. The molecule has 1 heterocycles. The van der Waals surface area contributed by atoms with E-state index in [0.717, 1.165) is 18.5 Å². The van der Waals surface area contributed by atoms with Crippen LogP contribution >= 0.6 is 0 Å². The number of para-hydroxylation sites is 1. The van der Waals surface area contributed by atoms with Crippen molar-refractivity contribution >= 4 is 23.0 Å². The molecule has 0 atom stereocenters. The maximum Gasteiger partial charge on any atom is 0.344 e. The summed E-state index contributed by atoms with van der Waals surface area (Å²) in [7, 11) is 1.19. The maximum absolute atomic E-state index is 13.8. The zero-order valence-corrected chi connectivity index (χ0v) is 14.9. The van der Waals surface area contributed by atoms with Crippen molar-refractivity contribution in [3.8, 4) is 0 Å². The number of nitro benzene ring substituents is 1. The maximum atomic E-state index is 13.8. The minimum absolute atomic E-state index is 0.0633. The summed E-state index contributed by atoms with van der Waals surface area (Å²) in [6, 6.07) is 11.2. The second-order valence-electron chi connectivity index (χ2n) is 6.34. The number of hydrogen-bond donors (Lipinski definition) is 1. The van der Waals surface area contributed by atoms with Crippen LogP contribution in [0.4, 0.5) is 21.5 Å². The fourth-order valence-electron chi connectivity index (χ4n) is 3.23. The first-order chi connectivity index (χ1) is 13.0. The van der Waals surface area contributed by atoms with E-state index in [0.29, 0.717) is 18.8 Å². The highest BCUT2D eigenvalue weighted by Gasteiger charge is 2.25. The van der Waals surface area contributed by atoms with E-state index in [9.17, 15) is 19.3 Å². The number of nitrogens with zero attached hydrogens (tertiary/aromatic N) is 2. The lowest BCUT2D eigenvalue weighted by molar-refractivity contribution is -0.385. The highest BCUT2D eigenvalue weighted by atomic mass is 19.1. The Kier molecular flexibility index (Phi) is 5.54. The van der Waals surface area contributed by atoms with Crippen molar-refractivity contribution in [2.75, 3.05) is 30.4 Å². The van der Waals surface area contributed by atoms with Gasteiger partial charge in [-0.1, -0.05) is 12.1 Å². The Labute approximate surface area is 155 Å². The molecule has 1 N–H and O–H groups in total. The van der Waals surface area contributed by atoms with Crippen molar-refractivity contribution in [2.45, 2.75) is 18.9 Å². The van der Waals surface area contributed by atoms with Gasteiger partial charge < -0.3 is 15.0 Å². The van der Waals surface area contributed by atoms with Gasteiger partial charge in [0.2, 0.25) is 0 Å². The Morgan fingerprint density at radius 1 is 1.26 bits per heavy atom. The summed E-state index contributed by atoms with van der Waals surface area (Å²) in [6.45, 7) is 1.37. The molecule has 8 heteroatoms. The van der Waals surface area contributed by atoms with Gasteiger partial charge in [-0.15, -0.1) is 0 Å². The number of carbonyl (C=O) groups excluding carboxylic acids is 1. The molecule has 3 rings (SSSR count). The van der Waals surface area contributed by atoms with Crippen LogP contribution in [-0.4, -0.2) is 37.1 Å². The van der Waals surface area contributed by atoms with E-state index in [1.54, 1.807) is 24.3 Å². The third-order valence-electron chi connectivity index (χ3n) is 4.68. The van der Waals surface area contributed by atoms with Crippen molar-refractivity contribution in [2.24, 2.45) is 0 Å². The van der Waals surface area contributed by atoms with E-state index in [2.05, 4.69) is 15.0 Å². The van der Waals surface area contributed by atoms with Crippen molar-refractivity contribution < 1.29 is 18.8 Å². The van der Waals surface area contributed by atoms with Crippen molar-refractivity contribution in [1.29, 1.82) is 0 Å². The van der Waals surface area contributed by atoms with E-state index in [4.69, 9.17) is 0 Å². The number of ether oxygens (including phenoxy) is 1. The molecule has 0 spiro atoms. The molecule has 1 aliphatic heterocycles. The van der Waals surface area contributed by atoms with E-state index in [-0.39, 0.29) is 23.1 Å². The Hall–Kier alpha value is -3.16. The van der Waals surface area contributed by atoms with E-state index < -0.39 is 10.9 Å². The number of esters is 1. The Balaban J connectivity index is 1.70. The summed E-state index contributed by atoms with van der Waals surface area (Å²) in [5.41, 5.74) is 0.873. The predicted molar refractivity (Wildman–Crippen MR) is 99.7 cm³/mol. The molecule has 0 amide bonds. The van der Waals surface area contributed by atoms with Gasteiger partial charge in [0.25, 0.3) is 5.69 Å². The number of carbonyl (C=O) groups is 1. The first-order valence-electron chi connectivity index (χ1n) is 8.62. The Morgan fingerprint density at radius 3 is 2.59 bits per heavy atom. The minimum atomic E-state index is -0.736. The quantitative estimate of drug-likeness (QED) is 0.490. The van der Waals surface area contributed by atoms with Crippen LogP contribution in [0.5, 0.6) is 0 Å². The van der Waals surface area contributed by atoms with Gasteiger partial charge in [-0.05, 0) is 37.1 Å². The van der Waals surface area contributed by atoms with Crippen LogP contribution in [-0.2, 0) is 4.74 Å². The minimum Gasteiger partial charge on any atom is -0.465 e. The van der Waals surface area contributed by atoms with Gasteiger partial charge in [0.1, 0.15) is 11.4 Å². The highest BCUT2D eigenvalue weighted by Crippen LogP contribution is 2.28. The largest absolute Gasteiger partial charge is 0.465 e. The van der Waals surface area contributed by atoms with Crippen LogP contribution in [0.2, 0.25) is 0 Å². The number of methoxy groups -OCH3 is 1. The molecule has 1 aliphatic rings. The van der Waals surface area contributed by atoms with Crippen LogP contribution in [0.25, 0.3) is 0 Å². The summed E-state index contributed by atoms with van der Waals surface area (Å²) < 4.78 is 18.4. The first-order valence-corrected chi connectivity index (χ1v) is 8.62. The zero-order chi connectivity index (χ0) is 19.4. The Morgan fingerprint density at radius 2 is 1.96 bits per heavy atom. The second kappa shape index (κ2) is 8.03. The third kappa shape index (κ3) is 4.16. The molecule has 2 aromatic carbocycles. The van der Waals surface area contributed by atoms with Crippen LogP contribution in [0, 0.1) is 15.9 Å². The van der Waals surface area contributed by atoms with Gasteiger partial charge in [-0.2, -0.15) is 0 Å². The van der Waals surface area contributed by atoms with Gasteiger partial charge in [-0.3, -0.25) is 10.1 Å². The second-order valence-corrected chi connectivity index (χ2v) is 6.34. The normalized spacial score (nSPS) is 14.7. The number of halogens is 1. The third-order valence-corrected chi connectivity index (χ3v) is 4.68. The summed E-state index contributed by atoms with van der Waals surface area (Å²) in [4.78, 5) is 24.4. The molecular weight excluding hydrogens is 353 g/mol. The van der Waals surface area contributed by atoms with Crippen LogP contribution < -0.4 is 10.2 Å². The van der Waals surface area contributed by atoms with Gasteiger partial charge in [0, 0.05) is 30.9 Å². The molecule has 0 aromatic heterocycles. The first kappa shape index (κ1) is 18.6. The van der Waals surface area contributed by atoms with Gasteiger partial charge in [0.15, 0.2) is 0 Å². The lowest BCUT2D eigenvalue weighted by atomic mass is 10.0. The van der Waals surface area contributed by atoms with E-state index in [1.807, 2.05) is 0 Å². The van der Waals surface area contributed by atoms with Gasteiger partial charge >= 0.3 is 5.97 Å². The average molecular weight is 373 g/mol. The summed E-state index contributed by atoms with van der Waals surface area (Å²) in [5, 5.41) is 14.3. The average Bonchev–Trinajstić information content (AvgIpc) is 2.69. The predicted octanol–water partition coefficient (Wildman–Crippen LogP) is 3.60. The lowest BCUT2D eigenvalue weighted by Crippen LogP contribution is -2.39. The lowest BCUT2D eigenvalue weighted by Gasteiger charge is -2.34. The standard InChI is InChI=1S/C19H20FN3O4/c1-27-19(24)15-12-14(6-7-18(15)23(25)26)22-10-8-13(9-11-22)21-17-5-3-2-4-16(17)20/h2-7,12-13,21H,8-11H2,1H3.